The number of carbonyl (C=O) groups is 2. The lowest BCUT2D eigenvalue weighted by Gasteiger charge is -2.18. The third kappa shape index (κ3) is 4.63. The number of carbonyl (C=O) groups excluding carboxylic acids is 1. The molecule has 0 atom stereocenters. The Labute approximate surface area is 116 Å². The number of benzene rings is 1. The molecule has 19 heavy (non-hydrogen) atoms. The molecule has 102 valence electrons. The number of hydrogen-bond donors (Lipinski definition) is 2. The van der Waals surface area contributed by atoms with Crippen LogP contribution in [0.2, 0.25) is 5.02 Å². The quantitative estimate of drug-likeness (QED) is 0.815. The summed E-state index contributed by atoms with van der Waals surface area (Å²) in [6.45, 7) is 3.61. The van der Waals surface area contributed by atoms with E-state index in [0.717, 1.165) is 0 Å². The average Bonchev–Trinajstić information content (AvgIpc) is 2.38. The summed E-state index contributed by atoms with van der Waals surface area (Å²) in [5.41, 5.74) is 0.758. The van der Waals surface area contributed by atoms with E-state index in [1.807, 2.05) is 0 Å². The van der Waals surface area contributed by atoms with Gasteiger partial charge in [-0.1, -0.05) is 18.2 Å². The SMILES string of the molecule is C=C(CCNC(=O)N(C)c1ccc(Cl)cc1)C(=O)O. The molecule has 1 rings (SSSR count). The number of anilines is 1. The van der Waals surface area contributed by atoms with E-state index in [9.17, 15) is 9.59 Å². The summed E-state index contributed by atoms with van der Waals surface area (Å²) in [7, 11) is 1.62. The zero-order valence-corrected chi connectivity index (χ0v) is 11.3. The van der Waals surface area contributed by atoms with Gasteiger partial charge in [0.15, 0.2) is 0 Å². The molecule has 0 saturated heterocycles. The fraction of sp³-hybridized carbons (Fsp3) is 0.231. The van der Waals surface area contributed by atoms with Gasteiger partial charge in [0.05, 0.1) is 0 Å². The van der Waals surface area contributed by atoms with E-state index < -0.39 is 5.97 Å². The second-order valence-corrected chi connectivity index (χ2v) is 4.36. The van der Waals surface area contributed by atoms with Crippen molar-refractivity contribution in [3.05, 3.63) is 41.4 Å². The molecule has 1 aromatic rings. The molecule has 6 heteroatoms. The van der Waals surface area contributed by atoms with E-state index in [0.29, 0.717) is 10.7 Å². The summed E-state index contributed by atoms with van der Waals surface area (Å²) >= 11 is 5.76. The van der Waals surface area contributed by atoms with E-state index in [1.165, 1.54) is 4.90 Å². The van der Waals surface area contributed by atoms with E-state index in [-0.39, 0.29) is 24.6 Å². The molecule has 1 aromatic carbocycles. The fourth-order valence-corrected chi connectivity index (χ4v) is 1.45. The lowest BCUT2D eigenvalue weighted by atomic mass is 10.2. The molecule has 2 amide bonds. The Morgan fingerprint density at radius 2 is 1.95 bits per heavy atom. The molecule has 0 unspecified atom stereocenters. The Balaban J connectivity index is 2.47. The molecule has 0 saturated carbocycles. The van der Waals surface area contributed by atoms with Gasteiger partial charge in [0.1, 0.15) is 0 Å². The van der Waals surface area contributed by atoms with Crippen molar-refractivity contribution in [2.24, 2.45) is 0 Å². The first-order valence-corrected chi connectivity index (χ1v) is 5.98. The van der Waals surface area contributed by atoms with E-state index in [1.54, 1.807) is 31.3 Å². The number of amides is 2. The molecule has 0 spiro atoms. The van der Waals surface area contributed by atoms with Gasteiger partial charge < -0.3 is 10.4 Å². The summed E-state index contributed by atoms with van der Waals surface area (Å²) in [6, 6.07) is 6.50. The molecule has 0 heterocycles. The summed E-state index contributed by atoms with van der Waals surface area (Å²) < 4.78 is 0. The summed E-state index contributed by atoms with van der Waals surface area (Å²) in [5.74, 6) is -1.06. The Kier molecular flexibility index (Phi) is 5.38. The first kappa shape index (κ1) is 15.0. The number of nitrogens with zero attached hydrogens (tertiary/aromatic N) is 1. The van der Waals surface area contributed by atoms with Crippen LogP contribution < -0.4 is 10.2 Å². The first-order valence-electron chi connectivity index (χ1n) is 5.60. The van der Waals surface area contributed by atoms with E-state index >= 15 is 0 Å². The van der Waals surface area contributed by atoms with E-state index in [2.05, 4.69) is 11.9 Å². The topological polar surface area (TPSA) is 69.6 Å². The van der Waals surface area contributed by atoms with Gasteiger partial charge in [0.25, 0.3) is 0 Å². The second-order valence-electron chi connectivity index (χ2n) is 3.93. The van der Waals surface area contributed by atoms with Gasteiger partial charge in [-0.2, -0.15) is 0 Å². The van der Waals surface area contributed by atoms with Gasteiger partial charge in [-0.3, -0.25) is 4.90 Å². The van der Waals surface area contributed by atoms with Gasteiger partial charge in [-0.05, 0) is 30.7 Å². The normalized spacial score (nSPS) is 9.79. The van der Waals surface area contributed by atoms with Crippen molar-refractivity contribution in [2.45, 2.75) is 6.42 Å². The zero-order valence-electron chi connectivity index (χ0n) is 10.5. The number of urea groups is 1. The highest BCUT2D eigenvalue weighted by molar-refractivity contribution is 6.30. The lowest BCUT2D eigenvalue weighted by Crippen LogP contribution is -2.38. The van der Waals surface area contributed by atoms with Crippen molar-refractivity contribution in [3.63, 3.8) is 0 Å². The minimum absolute atomic E-state index is 0.0643. The van der Waals surface area contributed by atoms with Crippen LogP contribution in [0.25, 0.3) is 0 Å². The monoisotopic (exact) mass is 282 g/mol. The number of carboxylic acid groups (broad SMARTS) is 1. The van der Waals surface area contributed by atoms with Crippen LogP contribution in [0.5, 0.6) is 0 Å². The zero-order chi connectivity index (χ0) is 14.4. The highest BCUT2D eigenvalue weighted by Crippen LogP contribution is 2.16. The lowest BCUT2D eigenvalue weighted by molar-refractivity contribution is -0.132. The van der Waals surface area contributed by atoms with Crippen molar-refractivity contribution >= 4 is 29.3 Å². The van der Waals surface area contributed by atoms with Crippen molar-refractivity contribution < 1.29 is 14.7 Å². The molecule has 0 fully saturated rings. The third-order valence-electron chi connectivity index (χ3n) is 2.52. The van der Waals surface area contributed by atoms with Gasteiger partial charge in [0, 0.05) is 29.9 Å². The number of carboxylic acids is 1. The average molecular weight is 283 g/mol. The van der Waals surface area contributed by atoms with Crippen molar-refractivity contribution in [1.29, 1.82) is 0 Å². The standard InChI is InChI=1S/C13H15ClN2O3/c1-9(12(17)18)7-8-15-13(19)16(2)11-5-3-10(14)4-6-11/h3-6H,1,7-8H2,2H3,(H,15,19)(H,17,18). The van der Waals surface area contributed by atoms with Crippen LogP contribution in [0.3, 0.4) is 0 Å². The predicted octanol–water partition coefficient (Wildman–Crippen LogP) is 2.52. The Bertz CT molecular complexity index is 485. The number of halogens is 1. The molecule has 0 radical (unpaired) electrons. The molecule has 5 nitrogen and oxygen atoms in total. The first-order chi connectivity index (χ1) is 8.91. The number of aliphatic carboxylic acids is 1. The van der Waals surface area contributed by atoms with Crippen LogP contribution in [-0.2, 0) is 4.79 Å². The number of nitrogens with one attached hydrogen (secondary N) is 1. The largest absolute Gasteiger partial charge is 0.478 e. The fourth-order valence-electron chi connectivity index (χ4n) is 1.33. The maximum Gasteiger partial charge on any atom is 0.331 e. The molecule has 0 aliphatic heterocycles. The molecule has 0 aliphatic carbocycles. The molecule has 0 bridgehead atoms. The van der Waals surface area contributed by atoms with Crippen LogP contribution in [-0.4, -0.2) is 30.7 Å². The molecule has 2 N–H and O–H groups in total. The number of rotatable bonds is 5. The van der Waals surface area contributed by atoms with Crippen LogP contribution in [0, 0.1) is 0 Å². The predicted molar refractivity (Wildman–Crippen MR) is 74.6 cm³/mol. The van der Waals surface area contributed by atoms with Gasteiger partial charge >= 0.3 is 12.0 Å². The highest BCUT2D eigenvalue weighted by atomic mass is 35.5. The van der Waals surface area contributed by atoms with Crippen LogP contribution in [0.4, 0.5) is 10.5 Å². The number of hydrogen-bond acceptors (Lipinski definition) is 2. The van der Waals surface area contributed by atoms with E-state index in [4.69, 9.17) is 16.7 Å². The highest BCUT2D eigenvalue weighted by Gasteiger charge is 2.11. The maximum atomic E-state index is 11.8. The van der Waals surface area contributed by atoms with Crippen LogP contribution >= 0.6 is 11.6 Å². The van der Waals surface area contributed by atoms with Gasteiger partial charge in [0.2, 0.25) is 0 Å². The molecular weight excluding hydrogens is 268 g/mol. The summed E-state index contributed by atoms with van der Waals surface area (Å²) in [6.07, 6.45) is 0.204. The maximum absolute atomic E-state index is 11.8. The van der Waals surface area contributed by atoms with Gasteiger partial charge in [-0.15, -0.1) is 0 Å². The Hall–Kier alpha value is -2.01. The van der Waals surface area contributed by atoms with Crippen molar-refractivity contribution in [2.75, 3.05) is 18.5 Å². The van der Waals surface area contributed by atoms with Crippen molar-refractivity contribution in [1.82, 2.24) is 5.32 Å². The Morgan fingerprint density at radius 3 is 2.47 bits per heavy atom. The summed E-state index contributed by atoms with van der Waals surface area (Å²) in [4.78, 5) is 23.7. The molecule has 0 aliphatic rings. The minimum Gasteiger partial charge on any atom is -0.478 e. The van der Waals surface area contributed by atoms with Crippen LogP contribution in [0.15, 0.2) is 36.4 Å². The van der Waals surface area contributed by atoms with Crippen molar-refractivity contribution in [3.8, 4) is 0 Å². The minimum atomic E-state index is -1.06. The van der Waals surface area contributed by atoms with Gasteiger partial charge in [-0.25, -0.2) is 9.59 Å². The molecule has 0 aromatic heterocycles. The summed E-state index contributed by atoms with van der Waals surface area (Å²) in [5, 5.41) is 11.8. The second kappa shape index (κ2) is 6.80. The van der Waals surface area contributed by atoms with Crippen LogP contribution in [0.1, 0.15) is 6.42 Å². The smallest absolute Gasteiger partial charge is 0.331 e. The molecular formula is C13H15ClN2O3. The Morgan fingerprint density at radius 1 is 1.37 bits per heavy atom. The third-order valence-corrected chi connectivity index (χ3v) is 2.78.